The van der Waals surface area contributed by atoms with Crippen molar-refractivity contribution in [1.29, 1.82) is 0 Å². The number of hydrogen-bond acceptors (Lipinski definition) is 7. The predicted molar refractivity (Wildman–Crippen MR) is 410 cm³/mol. The van der Waals surface area contributed by atoms with Crippen LogP contribution in [0.2, 0.25) is 0 Å². The number of nitrogens with zero attached hydrogens (tertiary/aromatic N) is 1. The molecule has 95 heavy (non-hydrogen) atoms. The summed E-state index contributed by atoms with van der Waals surface area (Å²) in [5.41, 5.74) is 0. The van der Waals surface area contributed by atoms with Crippen LogP contribution in [0.15, 0.2) is 72.9 Å². The van der Waals surface area contributed by atoms with Gasteiger partial charge in [0.05, 0.1) is 34.4 Å². The van der Waals surface area contributed by atoms with Crippen molar-refractivity contribution in [2.24, 2.45) is 0 Å². The molecule has 1 N–H and O–H groups in total. The van der Waals surface area contributed by atoms with E-state index < -0.39 is 18.4 Å². The van der Waals surface area contributed by atoms with Gasteiger partial charge in [-0.3, -0.25) is 9.59 Å². The molecule has 0 heterocycles. The van der Waals surface area contributed by atoms with Crippen LogP contribution < -0.4 is 0 Å². The lowest BCUT2D eigenvalue weighted by Crippen LogP contribution is -2.40. The molecule has 0 fully saturated rings. The molecule has 0 bridgehead atoms. The molecule has 0 aliphatic carbocycles. The summed E-state index contributed by atoms with van der Waals surface area (Å²) in [6.45, 7) is 4.92. The molecule has 0 rings (SSSR count). The van der Waals surface area contributed by atoms with Gasteiger partial charge in [-0.05, 0) is 89.9 Å². The van der Waals surface area contributed by atoms with Crippen molar-refractivity contribution >= 4 is 17.9 Å². The summed E-state index contributed by atoms with van der Waals surface area (Å²) in [5, 5.41) is 9.78. The third kappa shape index (κ3) is 77.9. The second-order valence-electron chi connectivity index (χ2n) is 29.1. The Bertz CT molecular complexity index is 1790. The van der Waals surface area contributed by atoms with Gasteiger partial charge in [0.25, 0.3) is 6.29 Å². The highest BCUT2D eigenvalue weighted by molar-refractivity contribution is 5.71. The van der Waals surface area contributed by atoms with E-state index in [0.29, 0.717) is 17.4 Å². The zero-order valence-corrected chi connectivity index (χ0v) is 63.6. The minimum absolute atomic E-state index is 0.178. The van der Waals surface area contributed by atoms with Crippen LogP contribution in [0.25, 0.3) is 0 Å². The van der Waals surface area contributed by atoms with Crippen LogP contribution in [0.4, 0.5) is 0 Å². The molecule has 0 aliphatic heterocycles. The Morgan fingerprint density at radius 2 is 0.568 bits per heavy atom. The number of hydrogen-bond donors (Lipinski definition) is 1. The van der Waals surface area contributed by atoms with E-state index in [1.165, 1.54) is 308 Å². The summed E-state index contributed by atoms with van der Waals surface area (Å²) >= 11 is 0. The molecule has 0 aromatic heterocycles. The molecular formula is C86H158NO8+. The van der Waals surface area contributed by atoms with Crippen LogP contribution in [0.3, 0.4) is 0 Å². The van der Waals surface area contributed by atoms with Gasteiger partial charge in [0, 0.05) is 12.8 Å². The van der Waals surface area contributed by atoms with Gasteiger partial charge in [-0.25, -0.2) is 4.79 Å². The smallest absolute Gasteiger partial charge is 0.361 e. The van der Waals surface area contributed by atoms with Crippen LogP contribution in [0.1, 0.15) is 399 Å². The third-order valence-corrected chi connectivity index (χ3v) is 18.4. The van der Waals surface area contributed by atoms with E-state index in [0.717, 1.165) is 64.2 Å². The number of carboxylic acid groups (broad SMARTS) is 1. The molecule has 9 nitrogen and oxygen atoms in total. The highest BCUT2D eigenvalue weighted by atomic mass is 16.7. The van der Waals surface area contributed by atoms with Crippen molar-refractivity contribution in [2.45, 2.75) is 411 Å². The Labute approximate surface area is 589 Å². The molecule has 2 atom stereocenters. The van der Waals surface area contributed by atoms with Crippen molar-refractivity contribution in [3.05, 3.63) is 72.9 Å². The topological polar surface area (TPSA) is 108 Å². The number of aliphatic carboxylic acids is 1. The van der Waals surface area contributed by atoms with Gasteiger partial charge >= 0.3 is 17.9 Å². The Hall–Kier alpha value is -3.27. The number of quaternary nitrogens is 1. The molecule has 554 valence electrons. The molecule has 0 aliphatic rings. The quantitative estimate of drug-likeness (QED) is 0.0211. The summed E-state index contributed by atoms with van der Waals surface area (Å²) in [6.07, 6.45) is 101. The van der Waals surface area contributed by atoms with E-state index in [4.69, 9.17) is 18.9 Å². The molecule has 0 aromatic carbocycles. The maximum absolute atomic E-state index is 13.0. The molecule has 0 aromatic rings. The summed E-state index contributed by atoms with van der Waals surface area (Å²) in [4.78, 5) is 37.8. The number of carbonyl (C=O) groups is 3. The van der Waals surface area contributed by atoms with Gasteiger partial charge in [-0.2, -0.15) is 0 Å². The van der Waals surface area contributed by atoms with Crippen molar-refractivity contribution in [1.82, 2.24) is 0 Å². The van der Waals surface area contributed by atoms with Gasteiger partial charge in [0.15, 0.2) is 6.10 Å². The van der Waals surface area contributed by atoms with Crippen LogP contribution >= 0.6 is 0 Å². The number of likely N-dealkylation sites (N-methyl/N-ethyl adjacent to an activating group) is 1. The summed E-state index contributed by atoms with van der Waals surface area (Å²) in [6, 6.07) is 0. The van der Waals surface area contributed by atoms with Crippen molar-refractivity contribution in [3.63, 3.8) is 0 Å². The Morgan fingerprint density at radius 1 is 0.316 bits per heavy atom. The molecule has 2 unspecified atom stereocenters. The SMILES string of the molecule is CCCCCCC/C=C\C/C=C\C/C=C\CCCCCCCCCCCCCCCCCCCCCCCCC(=O)OC(COC(=O)CCCCCCCCCCCCCCCCCCCC/C=C\C/C=C\C/C=C\CCCCCCC)COC(OCC[N+](C)(C)C)C(=O)O. The molecular weight excluding hydrogens is 1170 g/mol. The number of carbonyl (C=O) groups excluding carboxylic acids is 2. The Balaban J connectivity index is 3.98. The number of ether oxygens (including phenoxy) is 4. The zero-order chi connectivity index (χ0) is 69.0. The minimum atomic E-state index is -1.51. The maximum atomic E-state index is 13.0. The first-order valence-electron chi connectivity index (χ1n) is 41.1. The lowest BCUT2D eigenvalue weighted by Gasteiger charge is -2.25. The Morgan fingerprint density at radius 3 is 0.842 bits per heavy atom. The zero-order valence-electron chi connectivity index (χ0n) is 63.6. The Kier molecular flexibility index (Phi) is 73.9. The van der Waals surface area contributed by atoms with E-state index in [1.54, 1.807) is 0 Å². The second kappa shape index (κ2) is 76.5. The van der Waals surface area contributed by atoms with Crippen molar-refractivity contribution < 1.29 is 42.9 Å². The molecule has 0 radical (unpaired) electrons. The average Bonchev–Trinajstić information content (AvgIpc) is 3.75. The number of carboxylic acids is 1. The van der Waals surface area contributed by atoms with Gasteiger partial charge in [0.2, 0.25) is 0 Å². The maximum Gasteiger partial charge on any atom is 0.361 e. The number of esters is 2. The lowest BCUT2D eigenvalue weighted by atomic mass is 10.0. The summed E-state index contributed by atoms with van der Waals surface area (Å²) in [7, 11) is 6.00. The molecule has 0 saturated carbocycles. The van der Waals surface area contributed by atoms with E-state index in [2.05, 4.69) is 86.8 Å². The first-order valence-corrected chi connectivity index (χ1v) is 41.1. The average molecular weight is 1330 g/mol. The first-order chi connectivity index (χ1) is 46.6. The van der Waals surface area contributed by atoms with Crippen LogP contribution in [-0.2, 0) is 33.3 Å². The van der Waals surface area contributed by atoms with Gasteiger partial charge < -0.3 is 28.5 Å². The molecule has 0 spiro atoms. The number of unbranched alkanes of at least 4 members (excludes halogenated alkanes) is 50. The standard InChI is InChI=1S/C86H157NO8/c1-6-8-10-12-14-16-18-20-22-24-26-28-30-32-34-36-38-40-41-42-43-45-47-49-51-53-55-57-59-61-63-65-67-69-71-73-75-77-84(89)95-82(81-94-86(85(90)91)92-79-78-87(3,4)5)80-93-83(88)76-74-72-70-68-66-64-62-60-58-56-54-52-50-48-46-44-39-37-35-33-31-29-27-25-23-21-19-17-15-13-11-9-7-2/h18-21,24-27,30-33,82,86H,6-17,22-23,28-29,34-81H2,1-5H3/p+1/b20-18-,21-19-,26-24-,27-25-,32-30-,33-31-. The first kappa shape index (κ1) is 91.7. The second-order valence-corrected chi connectivity index (χ2v) is 29.1. The van der Waals surface area contributed by atoms with Gasteiger partial charge in [0.1, 0.15) is 13.2 Å². The largest absolute Gasteiger partial charge is 0.477 e. The van der Waals surface area contributed by atoms with Crippen molar-refractivity contribution in [3.8, 4) is 0 Å². The lowest BCUT2D eigenvalue weighted by molar-refractivity contribution is -0.870. The van der Waals surface area contributed by atoms with Gasteiger partial charge in [-0.1, -0.05) is 369 Å². The monoisotopic (exact) mass is 1330 g/mol. The van der Waals surface area contributed by atoms with Crippen molar-refractivity contribution in [2.75, 3.05) is 47.5 Å². The van der Waals surface area contributed by atoms with E-state index >= 15 is 0 Å². The number of rotatable bonds is 77. The minimum Gasteiger partial charge on any atom is -0.477 e. The fraction of sp³-hybridized carbons (Fsp3) is 0.826. The summed E-state index contributed by atoms with van der Waals surface area (Å²) in [5.74, 6) is -1.98. The molecule has 9 heteroatoms. The van der Waals surface area contributed by atoms with Crippen LogP contribution in [0.5, 0.6) is 0 Å². The highest BCUT2D eigenvalue weighted by Crippen LogP contribution is 2.19. The van der Waals surface area contributed by atoms with E-state index in [-0.39, 0.29) is 38.2 Å². The fourth-order valence-corrected chi connectivity index (χ4v) is 12.2. The van der Waals surface area contributed by atoms with Gasteiger partial charge in [-0.15, -0.1) is 0 Å². The third-order valence-electron chi connectivity index (χ3n) is 18.4. The normalized spacial score (nSPS) is 13.0. The molecule has 0 saturated heterocycles. The van der Waals surface area contributed by atoms with E-state index in [9.17, 15) is 19.5 Å². The highest BCUT2D eigenvalue weighted by Gasteiger charge is 2.25. The summed E-state index contributed by atoms with van der Waals surface area (Å²) < 4.78 is 23.1. The molecule has 0 amide bonds. The van der Waals surface area contributed by atoms with Crippen LogP contribution in [-0.4, -0.2) is 87.4 Å². The number of allylic oxidation sites excluding steroid dienone is 12. The predicted octanol–water partition coefficient (Wildman–Crippen LogP) is 26.4. The van der Waals surface area contributed by atoms with Crippen LogP contribution in [0, 0.1) is 0 Å². The van der Waals surface area contributed by atoms with E-state index in [1.807, 2.05) is 21.1 Å². The fourth-order valence-electron chi connectivity index (χ4n) is 12.2.